The Morgan fingerprint density at radius 3 is 1.76 bits per heavy atom. The lowest BCUT2D eigenvalue weighted by molar-refractivity contribution is -0.160. The Labute approximate surface area is 247 Å². The van der Waals surface area contributed by atoms with E-state index in [9.17, 15) is 19.2 Å². The molecule has 0 spiro atoms. The van der Waals surface area contributed by atoms with Crippen molar-refractivity contribution in [3.05, 3.63) is 101 Å². The molecule has 0 unspecified atom stereocenters. The number of halogens is 2. The fourth-order valence-corrected chi connectivity index (χ4v) is 7.84. The Bertz CT molecular complexity index is 1500. The molecule has 0 radical (unpaired) electrons. The van der Waals surface area contributed by atoms with Crippen LogP contribution in [0.4, 0.5) is 0 Å². The van der Waals surface area contributed by atoms with Crippen molar-refractivity contribution in [3.63, 3.8) is 0 Å². The summed E-state index contributed by atoms with van der Waals surface area (Å²) < 4.78 is 10.6. The number of Topliss-reactive ketones (excluding diaryl/α,β-unsaturated/α-hetero) is 1. The van der Waals surface area contributed by atoms with Crippen molar-refractivity contribution in [1.29, 1.82) is 0 Å². The molecule has 3 atom stereocenters. The van der Waals surface area contributed by atoms with E-state index in [0.29, 0.717) is 33.6 Å². The number of carbonyl (C=O) groups excluding carboxylic acids is 4. The summed E-state index contributed by atoms with van der Waals surface area (Å²) in [6.45, 7) is 2.86. The quantitative estimate of drug-likeness (QED) is 0.165. The molecular formula is C32H27Cl2NO6. The highest BCUT2D eigenvalue weighted by atomic mass is 35.5. The summed E-state index contributed by atoms with van der Waals surface area (Å²) in [7, 11) is 1.48. The van der Waals surface area contributed by atoms with Gasteiger partial charge in [0.2, 0.25) is 11.8 Å². The van der Waals surface area contributed by atoms with Gasteiger partial charge in [-0.3, -0.25) is 19.3 Å². The van der Waals surface area contributed by atoms with Crippen LogP contribution < -0.4 is 4.74 Å². The van der Waals surface area contributed by atoms with Crippen molar-refractivity contribution in [1.82, 2.24) is 4.90 Å². The number of imide groups is 1. The van der Waals surface area contributed by atoms with Gasteiger partial charge in [0.05, 0.1) is 18.9 Å². The van der Waals surface area contributed by atoms with Crippen LogP contribution in [-0.4, -0.2) is 48.2 Å². The van der Waals surface area contributed by atoms with Crippen molar-refractivity contribution in [3.8, 4) is 5.75 Å². The number of benzene rings is 3. The summed E-state index contributed by atoms with van der Waals surface area (Å²) in [5.41, 5.74) is 3.00. The molecule has 1 heterocycles. The Kier molecular flexibility index (Phi) is 6.51. The highest BCUT2D eigenvalue weighted by molar-refractivity contribution is 6.36. The molecule has 4 aliphatic rings. The maximum Gasteiger partial charge on any atom is 0.330 e. The van der Waals surface area contributed by atoms with E-state index in [0.717, 1.165) is 4.90 Å². The Morgan fingerprint density at radius 2 is 1.32 bits per heavy atom. The fourth-order valence-electron chi connectivity index (χ4n) is 6.74. The summed E-state index contributed by atoms with van der Waals surface area (Å²) in [6, 6.07) is 19.9. The molecule has 210 valence electrons. The molecule has 1 aliphatic heterocycles. The van der Waals surface area contributed by atoms with Crippen LogP contribution in [0.1, 0.15) is 46.5 Å². The first-order chi connectivity index (χ1) is 19.6. The number of amides is 2. The Morgan fingerprint density at radius 1 is 0.829 bits per heavy atom. The first kappa shape index (κ1) is 27.5. The van der Waals surface area contributed by atoms with Crippen molar-refractivity contribution >= 4 is 46.8 Å². The molecule has 7 rings (SSSR count). The first-order valence-electron chi connectivity index (χ1n) is 13.3. The number of nitrogens with zero attached hydrogens (tertiary/aromatic N) is 1. The number of hydrogen-bond acceptors (Lipinski definition) is 6. The SMILES string of the molecule is COc1cccc(C(=O)COC(=O)[C@H](C(C)C)N2C(=O)[C@@H]3[C@@H](C2=O)C2(Cl)c4ccccc4C3(Cl)c3ccccc32)c1. The smallest absolute Gasteiger partial charge is 0.330 e. The van der Waals surface area contributed by atoms with E-state index in [1.165, 1.54) is 7.11 Å². The zero-order valence-electron chi connectivity index (χ0n) is 22.6. The normalized spacial score (nSPS) is 26.3. The van der Waals surface area contributed by atoms with Crippen LogP contribution in [0.3, 0.4) is 0 Å². The second-order valence-corrected chi connectivity index (χ2v) is 12.2. The van der Waals surface area contributed by atoms with Crippen LogP contribution in [0.25, 0.3) is 0 Å². The molecule has 41 heavy (non-hydrogen) atoms. The van der Waals surface area contributed by atoms with E-state index in [4.69, 9.17) is 32.7 Å². The van der Waals surface area contributed by atoms with E-state index in [2.05, 4.69) is 0 Å². The van der Waals surface area contributed by atoms with Crippen LogP contribution in [0.2, 0.25) is 0 Å². The number of ketones is 1. The fraction of sp³-hybridized carbons (Fsp3) is 0.312. The Hall–Kier alpha value is -3.68. The number of hydrogen-bond donors (Lipinski definition) is 0. The third-order valence-corrected chi connectivity index (χ3v) is 9.79. The van der Waals surface area contributed by atoms with Crippen LogP contribution in [0.15, 0.2) is 72.8 Å². The number of carbonyl (C=O) groups is 4. The van der Waals surface area contributed by atoms with Gasteiger partial charge < -0.3 is 9.47 Å². The molecule has 3 aromatic rings. The summed E-state index contributed by atoms with van der Waals surface area (Å²) >= 11 is 15.0. The third kappa shape index (κ3) is 3.71. The lowest BCUT2D eigenvalue weighted by atomic mass is 9.54. The maximum atomic E-state index is 14.3. The van der Waals surface area contributed by atoms with Crippen LogP contribution in [0, 0.1) is 17.8 Å². The highest BCUT2D eigenvalue weighted by Crippen LogP contribution is 2.69. The van der Waals surface area contributed by atoms with Gasteiger partial charge in [-0.15, -0.1) is 23.2 Å². The molecule has 1 saturated heterocycles. The van der Waals surface area contributed by atoms with Gasteiger partial charge in [-0.25, -0.2) is 4.79 Å². The van der Waals surface area contributed by atoms with Crippen LogP contribution in [0.5, 0.6) is 5.75 Å². The number of alkyl halides is 2. The lowest BCUT2D eigenvalue weighted by Crippen LogP contribution is -2.57. The van der Waals surface area contributed by atoms with Gasteiger partial charge in [0.1, 0.15) is 21.5 Å². The summed E-state index contributed by atoms with van der Waals surface area (Å²) in [4.78, 5) is 53.1. The second kappa shape index (κ2) is 9.71. The van der Waals surface area contributed by atoms with Crippen molar-refractivity contribution in [2.24, 2.45) is 17.8 Å². The summed E-state index contributed by atoms with van der Waals surface area (Å²) in [5.74, 6) is -4.57. The van der Waals surface area contributed by atoms with Crippen LogP contribution in [-0.2, 0) is 28.9 Å². The minimum absolute atomic E-state index is 0.304. The number of esters is 1. The molecule has 3 aromatic carbocycles. The third-order valence-electron chi connectivity index (χ3n) is 8.51. The predicted molar refractivity (Wildman–Crippen MR) is 152 cm³/mol. The van der Waals surface area contributed by atoms with E-state index in [1.54, 1.807) is 38.1 Å². The van der Waals surface area contributed by atoms with E-state index < -0.39 is 63.7 Å². The average Bonchev–Trinajstić information content (AvgIpc) is 3.25. The molecular weight excluding hydrogens is 565 g/mol. The van der Waals surface area contributed by atoms with Gasteiger partial charge in [0, 0.05) is 5.56 Å². The average molecular weight is 592 g/mol. The number of likely N-dealkylation sites (tertiary alicyclic amines) is 1. The number of rotatable bonds is 7. The minimum Gasteiger partial charge on any atom is -0.497 e. The van der Waals surface area contributed by atoms with Crippen molar-refractivity contribution < 1.29 is 28.7 Å². The summed E-state index contributed by atoms with van der Waals surface area (Å²) in [5, 5.41) is 0. The van der Waals surface area contributed by atoms with Crippen LogP contribution >= 0.6 is 23.2 Å². The maximum absolute atomic E-state index is 14.3. The zero-order valence-corrected chi connectivity index (χ0v) is 24.1. The van der Waals surface area contributed by atoms with Crippen molar-refractivity contribution in [2.75, 3.05) is 13.7 Å². The van der Waals surface area contributed by atoms with Gasteiger partial charge in [-0.2, -0.15) is 0 Å². The minimum atomic E-state index is -1.36. The summed E-state index contributed by atoms with van der Waals surface area (Å²) in [6.07, 6.45) is 0. The largest absolute Gasteiger partial charge is 0.497 e. The molecule has 9 heteroatoms. The first-order valence-corrected chi connectivity index (χ1v) is 14.1. The molecule has 2 bridgehead atoms. The monoisotopic (exact) mass is 591 g/mol. The lowest BCUT2D eigenvalue weighted by Gasteiger charge is -2.54. The van der Waals surface area contributed by atoms with Gasteiger partial charge >= 0.3 is 5.97 Å². The van der Waals surface area contributed by atoms with E-state index in [-0.39, 0.29) is 0 Å². The van der Waals surface area contributed by atoms with E-state index in [1.807, 2.05) is 48.5 Å². The molecule has 7 nitrogen and oxygen atoms in total. The number of methoxy groups -OCH3 is 1. The molecule has 0 saturated carbocycles. The topological polar surface area (TPSA) is 90.0 Å². The van der Waals surface area contributed by atoms with Gasteiger partial charge in [0.25, 0.3) is 0 Å². The molecule has 2 amide bonds. The van der Waals surface area contributed by atoms with Crippen molar-refractivity contribution in [2.45, 2.75) is 29.6 Å². The van der Waals surface area contributed by atoms with Gasteiger partial charge in [-0.1, -0.05) is 74.5 Å². The zero-order chi connectivity index (χ0) is 29.3. The molecule has 3 aliphatic carbocycles. The molecule has 0 N–H and O–H groups in total. The highest BCUT2D eigenvalue weighted by Gasteiger charge is 2.74. The van der Waals surface area contributed by atoms with E-state index >= 15 is 0 Å². The molecule has 0 aromatic heterocycles. The predicted octanol–water partition coefficient (Wildman–Crippen LogP) is 5.04. The Balaban J connectivity index is 1.36. The van der Waals surface area contributed by atoms with Gasteiger partial charge in [0.15, 0.2) is 12.4 Å². The number of ether oxygens (including phenoxy) is 2. The second-order valence-electron chi connectivity index (χ2n) is 11.0. The molecule has 1 fully saturated rings. The van der Waals surface area contributed by atoms with Gasteiger partial charge in [-0.05, 0) is 40.3 Å². The standard InChI is InChI=1S/C32H27Cl2NO6/c1-17(2)27(30(39)41-16-24(36)18-9-8-10-19(15-18)40-3)35-28(37)25-26(29(35)38)32(34)21-12-5-4-11-20(21)31(25,33)22-13-6-7-14-23(22)32/h4-15,17,25-27H,16H2,1-3H3/t25-,26-,27-,31?,32?/m0/s1.